The van der Waals surface area contributed by atoms with Crippen LogP contribution in [0.2, 0.25) is 5.02 Å². The molecule has 0 bridgehead atoms. The van der Waals surface area contributed by atoms with E-state index in [1.807, 2.05) is 0 Å². The van der Waals surface area contributed by atoms with Crippen molar-refractivity contribution in [1.29, 1.82) is 0 Å². The predicted molar refractivity (Wildman–Crippen MR) is 79.5 cm³/mol. The van der Waals surface area contributed by atoms with Crippen molar-refractivity contribution in [3.8, 4) is 5.88 Å². The van der Waals surface area contributed by atoms with Crippen LogP contribution >= 0.6 is 11.6 Å². The van der Waals surface area contributed by atoms with Gasteiger partial charge in [-0.2, -0.15) is 0 Å². The molecule has 0 fully saturated rings. The van der Waals surface area contributed by atoms with Crippen LogP contribution in [0.25, 0.3) is 0 Å². The van der Waals surface area contributed by atoms with Crippen molar-refractivity contribution >= 4 is 34.7 Å². The molecule has 1 amide bonds. The molecule has 2 aromatic rings. The second-order valence-corrected chi connectivity index (χ2v) is 4.52. The van der Waals surface area contributed by atoms with E-state index < -0.39 is 10.8 Å². The van der Waals surface area contributed by atoms with Gasteiger partial charge in [0.1, 0.15) is 10.8 Å². The van der Waals surface area contributed by atoms with E-state index in [4.69, 9.17) is 16.3 Å². The van der Waals surface area contributed by atoms with Gasteiger partial charge in [0.25, 0.3) is 5.69 Å². The van der Waals surface area contributed by atoms with Crippen LogP contribution in [0.3, 0.4) is 0 Å². The standard InChI is InChI=1S/C13H11ClN4O4/c1-8(19)17(10-4-6-16-13(22-2)12(10)14)11-7-9(18(20)21)3-5-15-11/h3-7H,1-2H3. The van der Waals surface area contributed by atoms with Crippen LogP contribution in [-0.4, -0.2) is 27.9 Å². The van der Waals surface area contributed by atoms with Crippen LogP contribution in [0, 0.1) is 10.1 Å². The summed E-state index contributed by atoms with van der Waals surface area (Å²) in [7, 11) is 1.39. The molecule has 0 unspecified atom stereocenters. The fraction of sp³-hybridized carbons (Fsp3) is 0.154. The number of aromatic nitrogens is 2. The Labute approximate surface area is 130 Å². The molecule has 0 saturated heterocycles. The molecule has 0 N–H and O–H groups in total. The second-order valence-electron chi connectivity index (χ2n) is 4.14. The number of methoxy groups -OCH3 is 1. The lowest BCUT2D eigenvalue weighted by Gasteiger charge is -2.21. The summed E-state index contributed by atoms with van der Waals surface area (Å²) in [5.41, 5.74) is 0.0856. The Bertz CT molecular complexity index is 738. The summed E-state index contributed by atoms with van der Waals surface area (Å²) in [6, 6.07) is 3.91. The number of carbonyl (C=O) groups excluding carboxylic acids is 1. The summed E-state index contributed by atoms with van der Waals surface area (Å²) in [6.45, 7) is 1.30. The van der Waals surface area contributed by atoms with Crippen molar-refractivity contribution in [3.63, 3.8) is 0 Å². The van der Waals surface area contributed by atoms with Crippen LogP contribution in [-0.2, 0) is 4.79 Å². The summed E-state index contributed by atoms with van der Waals surface area (Å²) in [6.07, 6.45) is 2.66. The minimum Gasteiger partial charge on any atom is -0.480 e. The molecule has 0 saturated carbocycles. The monoisotopic (exact) mass is 322 g/mol. The average Bonchev–Trinajstić information content (AvgIpc) is 2.49. The van der Waals surface area contributed by atoms with Crippen molar-refractivity contribution < 1.29 is 14.5 Å². The summed E-state index contributed by atoms with van der Waals surface area (Å²) in [5.74, 6) is -0.198. The van der Waals surface area contributed by atoms with E-state index in [-0.39, 0.29) is 28.1 Å². The van der Waals surface area contributed by atoms with E-state index >= 15 is 0 Å². The zero-order chi connectivity index (χ0) is 16.3. The number of nitrogens with zero attached hydrogens (tertiary/aromatic N) is 4. The highest BCUT2D eigenvalue weighted by atomic mass is 35.5. The quantitative estimate of drug-likeness (QED) is 0.634. The van der Waals surface area contributed by atoms with E-state index in [0.29, 0.717) is 0 Å². The van der Waals surface area contributed by atoms with E-state index in [2.05, 4.69) is 9.97 Å². The molecule has 9 heteroatoms. The topological polar surface area (TPSA) is 98.5 Å². The Morgan fingerprint density at radius 3 is 2.64 bits per heavy atom. The molecular weight excluding hydrogens is 312 g/mol. The molecule has 8 nitrogen and oxygen atoms in total. The van der Waals surface area contributed by atoms with Crippen LogP contribution in [0.15, 0.2) is 30.6 Å². The van der Waals surface area contributed by atoms with Gasteiger partial charge in [0.2, 0.25) is 11.8 Å². The highest BCUT2D eigenvalue weighted by molar-refractivity contribution is 6.35. The van der Waals surface area contributed by atoms with Gasteiger partial charge in [-0.25, -0.2) is 9.97 Å². The third kappa shape index (κ3) is 2.96. The van der Waals surface area contributed by atoms with E-state index in [1.54, 1.807) is 0 Å². The number of rotatable bonds is 4. The first-order valence-corrected chi connectivity index (χ1v) is 6.43. The maximum Gasteiger partial charge on any atom is 0.274 e. The molecule has 2 heterocycles. The van der Waals surface area contributed by atoms with E-state index in [9.17, 15) is 14.9 Å². The Hall–Kier alpha value is -2.74. The molecule has 0 aliphatic rings. The lowest BCUT2D eigenvalue weighted by Crippen LogP contribution is -2.24. The number of hydrogen-bond donors (Lipinski definition) is 0. The Balaban J connectivity index is 2.59. The van der Waals surface area contributed by atoms with E-state index in [1.165, 1.54) is 44.6 Å². The smallest absolute Gasteiger partial charge is 0.274 e. The number of halogens is 1. The Morgan fingerprint density at radius 1 is 1.36 bits per heavy atom. The minimum atomic E-state index is -0.571. The van der Waals surface area contributed by atoms with Crippen LogP contribution in [0.1, 0.15) is 6.92 Å². The fourth-order valence-electron chi connectivity index (χ4n) is 1.83. The molecule has 2 aromatic heterocycles. The number of anilines is 2. The average molecular weight is 323 g/mol. The minimum absolute atomic E-state index is 0.0804. The zero-order valence-electron chi connectivity index (χ0n) is 11.7. The summed E-state index contributed by atoms with van der Waals surface area (Å²) >= 11 is 6.16. The van der Waals surface area contributed by atoms with Crippen molar-refractivity contribution in [2.24, 2.45) is 0 Å². The SMILES string of the molecule is COc1nccc(N(C(C)=O)c2cc([N+](=O)[O-])ccn2)c1Cl. The Morgan fingerprint density at radius 2 is 2.05 bits per heavy atom. The van der Waals surface area contributed by atoms with Crippen molar-refractivity contribution in [2.75, 3.05) is 12.0 Å². The third-order valence-corrected chi connectivity index (χ3v) is 3.11. The van der Waals surface area contributed by atoms with Crippen LogP contribution in [0.5, 0.6) is 5.88 Å². The summed E-state index contributed by atoms with van der Waals surface area (Å²) in [4.78, 5) is 31.3. The van der Waals surface area contributed by atoms with Gasteiger partial charge >= 0.3 is 0 Å². The van der Waals surface area contributed by atoms with Crippen LogP contribution in [0.4, 0.5) is 17.2 Å². The second kappa shape index (κ2) is 6.35. The van der Waals surface area contributed by atoms with Crippen molar-refractivity contribution in [3.05, 3.63) is 45.7 Å². The lowest BCUT2D eigenvalue weighted by molar-refractivity contribution is -0.384. The van der Waals surface area contributed by atoms with Crippen LogP contribution < -0.4 is 9.64 Å². The van der Waals surface area contributed by atoms with Gasteiger partial charge in [-0.05, 0) is 6.07 Å². The molecule has 0 aliphatic heterocycles. The highest BCUT2D eigenvalue weighted by Crippen LogP contribution is 2.36. The van der Waals surface area contributed by atoms with Gasteiger partial charge in [0.15, 0.2) is 0 Å². The first kappa shape index (κ1) is 15.6. The highest BCUT2D eigenvalue weighted by Gasteiger charge is 2.22. The molecule has 22 heavy (non-hydrogen) atoms. The number of hydrogen-bond acceptors (Lipinski definition) is 6. The normalized spacial score (nSPS) is 10.1. The van der Waals surface area contributed by atoms with Gasteiger partial charge < -0.3 is 4.74 Å². The Kier molecular flexibility index (Phi) is 4.52. The first-order valence-electron chi connectivity index (χ1n) is 6.05. The van der Waals surface area contributed by atoms with Crippen molar-refractivity contribution in [2.45, 2.75) is 6.92 Å². The van der Waals surface area contributed by atoms with Gasteiger partial charge in [-0.15, -0.1) is 0 Å². The fourth-order valence-corrected chi connectivity index (χ4v) is 2.10. The van der Waals surface area contributed by atoms with Gasteiger partial charge in [0.05, 0.1) is 23.8 Å². The summed E-state index contributed by atoms with van der Waals surface area (Å²) < 4.78 is 5.00. The number of carbonyl (C=O) groups is 1. The molecule has 2 rings (SSSR count). The largest absolute Gasteiger partial charge is 0.480 e. The first-order chi connectivity index (χ1) is 10.5. The molecule has 0 aromatic carbocycles. The van der Waals surface area contributed by atoms with E-state index in [0.717, 1.165) is 4.90 Å². The zero-order valence-corrected chi connectivity index (χ0v) is 12.4. The van der Waals surface area contributed by atoms with Gasteiger partial charge in [-0.1, -0.05) is 11.6 Å². The molecule has 0 aliphatic carbocycles. The molecule has 114 valence electrons. The molecule has 0 radical (unpaired) electrons. The maximum atomic E-state index is 12.0. The molecule has 0 atom stereocenters. The number of amides is 1. The number of ether oxygens (including phenoxy) is 1. The lowest BCUT2D eigenvalue weighted by atomic mass is 10.3. The van der Waals surface area contributed by atoms with Crippen molar-refractivity contribution in [1.82, 2.24) is 9.97 Å². The molecule has 0 spiro atoms. The third-order valence-electron chi connectivity index (χ3n) is 2.75. The maximum absolute atomic E-state index is 12.0. The number of nitro groups is 1. The summed E-state index contributed by atoms with van der Waals surface area (Å²) in [5, 5.41) is 11.0. The number of pyridine rings is 2. The predicted octanol–water partition coefficient (Wildman–Crippen LogP) is 2.73. The molecular formula is C13H11ClN4O4. The van der Waals surface area contributed by atoms with Gasteiger partial charge in [-0.3, -0.25) is 19.8 Å². The van der Waals surface area contributed by atoms with Gasteiger partial charge in [0, 0.05) is 25.4 Å².